The maximum Gasteiger partial charge on any atom is 0.315 e. The number of halogens is 1. The van der Waals surface area contributed by atoms with E-state index in [4.69, 9.17) is 0 Å². The molecule has 2 unspecified atom stereocenters. The highest BCUT2D eigenvalue weighted by Crippen LogP contribution is 2.36. The van der Waals surface area contributed by atoms with Gasteiger partial charge in [-0.3, -0.25) is 9.69 Å². The molecule has 0 aliphatic carbocycles. The Kier molecular flexibility index (Phi) is 7.37. The lowest BCUT2D eigenvalue weighted by atomic mass is 9.96. The number of nitrogens with zero attached hydrogens (tertiary/aromatic N) is 1. The minimum Gasteiger partial charge on any atom is -0.354 e. The number of fused-ring (bicyclic) bond motifs is 2. The Morgan fingerprint density at radius 1 is 0.906 bits per heavy atom. The summed E-state index contributed by atoms with van der Waals surface area (Å²) in [5.74, 6) is -0.548. The van der Waals surface area contributed by atoms with Crippen molar-refractivity contribution in [3.63, 3.8) is 0 Å². The zero-order valence-electron chi connectivity index (χ0n) is 18.2. The van der Waals surface area contributed by atoms with Crippen molar-refractivity contribution in [1.82, 2.24) is 20.9 Å². The fourth-order valence-electron chi connectivity index (χ4n) is 4.95. The fraction of sp³-hybridized carbons (Fsp3) is 0.440. The summed E-state index contributed by atoms with van der Waals surface area (Å²) < 4.78 is 13.2. The minimum absolute atomic E-state index is 0.119. The van der Waals surface area contributed by atoms with Crippen molar-refractivity contribution < 1.29 is 14.0 Å². The molecule has 6 nitrogen and oxygen atoms in total. The van der Waals surface area contributed by atoms with Gasteiger partial charge in [-0.05, 0) is 48.9 Å². The molecule has 2 heterocycles. The average molecular weight is 439 g/mol. The highest BCUT2D eigenvalue weighted by molar-refractivity contribution is 5.78. The van der Waals surface area contributed by atoms with Crippen molar-refractivity contribution in [2.45, 2.75) is 56.8 Å². The molecule has 3 N–H and O–H groups in total. The Labute approximate surface area is 188 Å². The lowest BCUT2D eigenvalue weighted by Gasteiger charge is -2.39. The number of carbonyl (C=O) groups excluding carboxylic acids is 2. The Morgan fingerprint density at radius 2 is 1.59 bits per heavy atom. The van der Waals surface area contributed by atoms with E-state index in [0.29, 0.717) is 30.7 Å². The molecular weight excluding hydrogens is 407 g/mol. The standard InChI is InChI=1S/C25H31FN4O2/c26-20-8-4-7-19(13-20)14-24(31)27-11-12-28-25(32)29-21-15-22-9-10-23(16-21)30(22)17-18-5-2-1-3-6-18/h1-8,13,21-23H,9-12,14-17H2,(H,27,31)(H2,28,29,32). The van der Waals surface area contributed by atoms with Gasteiger partial charge in [0.2, 0.25) is 5.91 Å². The predicted octanol–water partition coefficient (Wildman–Crippen LogP) is 2.98. The van der Waals surface area contributed by atoms with Gasteiger partial charge in [0.15, 0.2) is 0 Å². The molecule has 32 heavy (non-hydrogen) atoms. The van der Waals surface area contributed by atoms with Crippen molar-refractivity contribution in [2.75, 3.05) is 13.1 Å². The SMILES string of the molecule is O=C(Cc1cccc(F)c1)NCCNC(=O)NC1CC2CCC(C1)N2Cc1ccccc1. The van der Waals surface area contributed by atoms with Gasteiger partial charge < -0.3 is 16.0 Å². The van der Waals surface area contributed by atoms with Crippen molar-refractivity contribution in [1.29, 1.82) is 0 Å². The Balaban J connectivity index is 1.14. The number of piperidine rings is 1. The summed E-state index contributed by atoms with van der Waals surface area (Å²) in [7, 11) is 0. The van der Waals surface area contributed by atoms with Crippen molar-refractivity contribution in [3.8, 4) is 0 Å². The third-order valence-corrected chi connectivity index (χ3v) is 6.41. The molecular formula is C25H31FN4O2. The third kappa shape index (κ3) is 6.07. The summed E-state index contributed by atoms with van der Waals surface area (Å²) in [6.07, 6.45) is 4.44. The highest BCUT2D eigenvalue weighted by atomic mass is 19.1. The molecule has 0 spiro atoms. The molecule has 170 valence electrons. The van der Waals surface area contributed by atoms with Crippen LogP contribution in [0.15, 0.2) is 54.6 Å². The van der Waals surface area contributed by atoms with Crippen LogP contribution >= 0.6 is 0 Å². The second-order valence-corrected chi connectivity index (χ2v) is 8.77. The van der Waals surface area contributed by atoms with Crippen LogP contribution in [0.4, 0.5) is 9.18 Å². The molecule has 2 saturated heterocycles. The maximum atomic E-state index is 13.2. The maximum absolute atomic E-state index is 13.2. The number of rotatable bonds is 8. The lowest BCUT2D eigenvalue weighted by Crippen LogP contribution is -2.52. The van der Waals surface area contributed by atoms with Gasteiger partial charge in [-0.2, -0.15) is 0 Å². The number of hydrogen-bond donors (Lipinski definition) is 3. The largest absolute Gasteiger partial charge is 0.354 e. The number of amides is 3. The number of benzene rings is 2. The summed E-state index contributed by atoms with van der Waals surface area (Å²) in [5.41, 5.74) is 1.97. The molecule has 7 heteroatoms. The van der Waals surface area contributed by atoms with Crippen molar-refractivity contribution in [2.24, 2.45) is 0 Å². The van der Waals surface area contributed by atoms with E-state index < -0.39 is 0 Å². The molecule has 2 fully saturated rings. The smallest absolute Gasteiger partial charge is 0.315 e. The van der Waals surface area contributed by atoms with Crippen LogP contribution in [0.1, 0.15) is 36.8 Å². The van der Waals surface area contributed by atoms with E-state index in [-0.39, 0.29) is 30.2 Å². The lowest BCUT2D eigenvalue weighted by molar-refractivity contribution is -0.120. The molecule has 2 aromatic carbocycles. The molecule has 2 aromatic rings. The van der Waals surface area contributed by atoms with E-state index in [1.54, 1.807) is 12.1 Å². The number of carbonyl (C=O) groups is 2. The number of urea groups is 1. The van der Waals surface area contributed by atoms with E-state index in [9.17, 15) is 14.0 Å². The molecule has 2 aliphatic rings. The summed E-state index contributed by atoms with van der Waals surface area (Å²) in [4.78, 5) is 26.9. The van der Waals surface area contributed by atoms with Crippen molar-refractivity contribution in [3.05, 3.63) is 71.5 Å². The first-order chi connectivity index (χ1) is 15.6. The quantitative estimate of drug-likeness (QED) is 0.555. The molecule has 2 aliphatic heterocycles. The zero-order valence-corrected chi connectivity index (χ0v) is 18.2. The number of nitrogens with one attached hydrogen (secondary N) is 3. The second-order valence-electron chi connectivity index (χ2n) is 8.77. The Bertz CT molecular complexity index is 909. The van der Waals surface area contributed by atoms with Gasteiger partial charge in [-0.15, -0.1) is 0 Å². The van der Waals surface area contributed by atoms with Crippen LogP contribution in [0.2, 0.25) is 0 Å². The topological polar surface area (TPSA) is 73.5 Å². The fourth-order valence-corrected chi connectivity index (χ4v) is 4.95. The first-order valence-electron chi connectivity index (χ1n) is 11.4. The molecule has 2 atom stereocenters. The summed E-state index contributed by atoms with van der Waals surface area (Å²) in [6.45, 7) is 1.66. The Hall–Kier alpha value is -2.93. The summed E-state index contributed by atoms with van der Waals surface area (Å²) >= 11 is 0. The predicted molar refractivity (Wildman–Crippen MR) is 121 cm³/mol. The molecule has 3 amide bonds. The van der Waals surface area contributed by atoms with E-state index in [0.717, 1.165) is 19.4 Å². The molecule has 2 bridgehead atoms. The third-order valence-electron chi connectivity index (χ3n) is 6.41. The van der Waals surface area contributed by atoms with Gasteiger partial charge in [-0.1, -0.05) is 42.5 Å². The van der Waals surface area contributed by atoms with Crippen molar-refractivity contribution >= 4 is 11.9 Å². The molecule has 0 aromatic heterocycles. The van der Waals surface area contributed by atoms with E-state index in [1.807, 2.05) is 6.07 Å². The van der Waals surface area contributed by atoms with Gasteiger partial charge >= 0.3 is 6.03 Å². The molecule has 0 radical (unpaired) electrons. The van der Waals surface area contributed by atoms with Gasteiger partial charge in [0.25, 0.3) is 0 Å². The van der Waals surface area contributed by atoms with Gasteiger partial charge in [0.05, 0.1) is 6.42 Å². The van der Waals surface area contributed by atoms with Crippen LogP contribution in [0, 0.1) is 5.82 Å². The van der Waals surface area contributed by atoms with E-state index >= 15 is 0 Å². The van der Waals surface area contributed by atoms with Crippen LogP contribution in [0.3, 0.4) is 0 Å². The minimum atomic E-state index is -0.354. The second kappa shape index (κ2) is 10.6. The van der Waals surface area contributed by atoms with Crippen LogP contribution in [-0.2, 0) is 17.8 Å². The normalized spacial score (nSPS) is 22.3. The van der Waals surface area contributed by atoms with E-state index in [2.05, 4.69) is 45.1 Å². The van der Waals surface area contributed by atoms with Crippen LogP contribution in [-0.4, -0.2) is 48.1 Å². The van der Waals surface area contributed by atoms with E-state index in [1.165, 1.54) is 30.5 Å². The highest BCUT2D eigenvalue weighted by Gasteiger charge is 2.40. The average Bonchev–Trinajstić information content (AvgIpc) is 3.00. The monoisotopic (exact) mass is 438 g/mol. The molecule has 4 rings (SSSR count). The van der Waals surface area contributed by atoms with Gasteiger partial charge in [0.1, 0.15) is 5.82 Å². The first kappa shape index (κ1) is 22.3. The van der Waals surface area contributed by atoms with Crippen LogP contribution in [0.5, 0.6) is 0 Å². The number of hydrogen-bond acceptors (Lipinski definition) is 3. The first-order valence-corrected chi connectivity index (χ1v) is 11.4. The van der Waals surface area contributed by atoms with Crippen LogP contribution in [0.25, 0.3) is 0 Å². The molecule has 0 saturated carbocycles. The zero-order chi connectivity index (χ0) is 22.3. The summed E-state index contributed by atoms with van der Waals surface area (Å²) in [6, 6.07) is 17.6. The van der Waals surface area contributed by atoms with Gasteiger partial charge in [-0.25, -0.2) is 9.18 Å². The summed E-state index contributed by atoms with van der Waals surface area (Å²) in [5, 5.41) is 8.68. The van der Waals surface area contributed by atoms with Crippen LogP contribution < -0.4 is 16.0 Å². The Morgan fingerprint density at radius 3 is 2.31 bits per heavy atom. The van der Waals surface area contributed by atoms with Gasteiger partial charge in [0, 0.05) is 37.8 Å².